The van der Waals surface area contributed by atoms with Crippen molar-refractivity contribution in [2.24, 2.45) is 5.73 Å². The molecule has 2 aliphatic rings. The summed E-state index contributed by atoms with van der Waals surface area (Å²) in [6.07, 6.45) is 5.70. The molecule has 1 aliphatic carbocycles. The molecule has 0 bridgehead atoms. The monoisotopic (exact) mass is 293 g/mol. The molecule has 2 heterocycles. The lowest BCUT2D eigenvalue weighted by Gasteiger charge is -2.42. The van der Waals surface area contributed by atoms with E-state index in [1.54, 1.807) is 0 Å². The van der Waals surface area contributed by atoms with Gasteiger partial charge in [-0.3, -0.25) is 9.80 Å². The highest BCUT2D eigenvalue weighted by Gasteiger charge is 2.31. The minimum Gasteiger partial charge on any atom is -0.326 e. The van der Waals surface area contributed by atoms with Gasteiger partial charge in [0.25, 0.3) is 0 Å². The lowest BCUT2D eigenvalue weighted by atomic mass is 10.1. The summed E-state index contributed by atoms with van der Waals surface area (Å²) in [6, 6.07) is 5.85. The molecule has 0 radical (unpaired) electrons. The van der Waals surface area contributed by atoms with Crippen LogP contribution in [-0.4, -0.2) is 48.1 Å². The van der Waals surface area contributed by atoms with Gasteiger partial charge in [-0.1, -0.05) is 18.9 Å². The topological polar surface area (TPSA) is 32.5 Å². The van der Waals surface area contributed by atoms with Gasteiger partial charge in [-0.05, 0) is 31.2 Å². The van der Waals surface area contributed by atoms with Gasteiger partial charge in [-0.2, -0.15) is 0 Å². The molecule has 2 N–H and O–H groups in total. The molecule has 1 aromatic rings. The molecule has 4 heteroatoms. The summed E-state index contributed by atoms with van der Waals surface area (Å²) in [5.74, 6) is 0. The molecule has 3 nitrogen and oxygen atoms in total. The Hall–Kier alpha value is -0.420. The molecule has 3 rings (SSSR count). The van der Waals surface area contributed by atoms with Crippen molar-refractivity contribution in [3.63, 3.8) is 0 Å². The van der Waals surface area contributed by atoms with E-state index in [1.807, 2.05) is 11.3 Å². The Morgan fingerprint density at radius 3 is 2.45 bits per heavy atom. The summed E-state index contributed by atoms with van der Waals surface area (Å²) in [5.41, 5.74) is 6.27. The van der Waals surface area contributed by atoms with E-state index in [9.17, 15) is 0 Å². The highest BCUT2D eigenvalue weighted by atomic mass is 32.1. The van der Waals surface area contributed by atoms with Crippen LogP contribution < -0.4 is 5.73 Å². The fourth-order valence-electron chi connectivity index (χ4n) is 3.88. The SMILES string of the molecule is CC(N)C(c1cccs1)N1CCN(C2CCCC2)CC1. The molecule has 112 valence electrons. The predicted molar refractivity (Wildman–Crippen MR) is 86.1 cm³/mol. The van der Waals surface area contributed by atoms with Crippen LogP contribution >= 0.6 is 11.3 Å². The first-order valence-electron chi connectivity index (χ1n) is 8.03. The van der Waals surface area contributed by atoms with Crippen molar-refractivity contribution in [1.29, 1.82) is 0 Å². The zero-order valence-electron chi connectivity index (χ0n) is 12.5. The Morgan fingerprint density at radius 2 is 1.90 bits per heavy atom. The van der Waals surface area contributed by atoms with Crippen molar-refractivity contribution in [2.45, 2.75) is 50.7 Å². The highest BCUT2D eigenvalue weighted by Crippen LogP contribution is 2.30. The summed E-state index contributed by atoms with van der Waals surface area (Å²) in [7, 11) is 0. The average Bonchev–Trinajstić information content (AvgIpc) is 3.12. The van der Waals surface area contributed by atoms with Gasteiger partial charge in [-0.25, -0.2) is 0 Å². The van der Waals surface area contributed by atoms with E-state index in [1.165, 1.54) is 56.7 Å². The van der Waals surface area contributed by atoms with Crippen LogP contribution in [0.25, 0.3) is 0 Å². The first-order chi connectivity index (χ1) is 9.75. The first-order valence-corrected chi connectivity index (χ1v) is 8.91. The Labute approximate surface area is 126 Å². The maximum Gasteiger partial charge on any atom is 0.0591 e. The minimum atomic E-state index is 0.201. The summed E-state index contributed by atoms with van der Waals surface area (Å²) < 4.78 is 0. The van der Waals surface area contributed by atoms with Crippen LogP contribution in [-0.2, 0) is 0 Å². The smallest absolute Gasteiger partial charge is 0.0591 e. The van der Waals surface area contributed by atoms with Crippen LogP contribution in [0.15, 0.2) is 17.5 Å². The van der Waals surface area contributed by atoms with E-state index in [4.69, 9.17) is 5.73 Å². The summed E-state index contributed by atoms with van der Waals surface area (Å²) >= 11 is 1.84. The molecular weight excluding hydrogens is 266 g/mol. The molecule has 20 heavy (non-hydrogen) atoms. The molecular formula is C16H27N3S. The standard InChI is InChI=1S/C16H27N3S/c1-13(17)16(15-7-4-12-20-15)19-10-8-18(9-11-19)14-5-2-3-6-14/h4,7,12-14,16H,2-3,5-6,8-11,17H2,1H3. The summed E-state index contributed by atoms with van der Waals surface area (Å²) in [4.78, 5) is 6.74. The molecule has 2 fully saturated rings. The third kappa shape index (κ3) is 3.08. The number of nitrogens with two attached hydrogens (primary N) is 1. The highest BCUT2D eigenvalue weighted by molar-refractivity contribution is 7.10. The minimum absolute atomic E-state index is 0.201. The molecule has 1 saturated heterocycles. The number of nitrogens with zero attached hydrogens (tertiary/aromatic N) is 2. The van der Waals surface area contributed by atoms with Gasteiger partial charge in [0.05, 0.1) is 6.04 Å². The number of rotatable bonds is 4. The van der Waals surface area contributed by atoms with Crippen LogP contribution in [0, 0.1) is 0 Å². The average molecular weight is 293 g/mol. The lowest BCUT2D eigenvalue weighted by molar-refractivity contribution is 0.0645. The molecule has 0 amide bonds. The molecule has 0 aromatic carbocycles. The van der Waals surface area contributed by atoms with Crippen molar-refractivity contribution in [3.8, 4) is 0 Å². The van der Waals surface area contributed by atoms with Gasteiger partial charge in [0.15, 0.2) is 0 Å². The maximum atomic E-state index is 6.27. The first kappa shape index (κ1) is 14.5. The van der Waals surface area contributed by atoms with E-state index < -0.39 is 0 Å². The van der Waals surface area contributed by atoms with Crippen LogP contribution in [0.2, 0.25) is 0 Å². The van der Waals surface area contributed by atoms with Crippen molar-refractivity contribution in [2.75, 3.05) is 26.2 Å². The molecule has 1 aromatic heterocycles. The van der Waals surface area contributed by atoms with Gasteiger partial charge in [0.1, 0.15) is 0 Å². The molecule has 0 spiro atoms. The molecule has 1 saturated carbocycles. The van der Waals surface area contributed by atoms with Crippen LogP contribution in [0.5, 0.6) is 0 Å². The second-order valence-electron chi connectivity index (χ2n) is 6.33. The summed E-state index contributed by atoms with van der Waals surface area (Å²) in [6.45, 7) is 6.92. The second-order valence-corrected chi connectivity index (χ2v) is 7.31. The van der Waals surface area contributed by atoms with E-state index >= 15 is 0 Å². The van der Waals surface area contributed by atoms with Gasteiger partial charge >= 0.3 is 0 Å². The van der Waals surface area contributed by atoms with E-state index in [0.717, 1.165) is 6.04 Å². The zero-order valence-corrected chi connectivity index (χ0v) is 13.3. The third-order valence-electron chi connectivity index (χ3n) is 4.92. The number of thiophene rings is 1. The van der Waals surface area contributed by atoms with Gasteiger partial charge in [0, 0.05) is 43.1 Å². The largest absolute Gasteiger partial charge is 0.326 e. The number of hydrogen-bond acceptors (Lipinski definition) is 4. The van der Waals surface area contributed by atoms with Crippen molar-refractivity contribution in [1.82, 2.24) is 9.80 Å². The predicted octanol–water partition coefficient (Wildman–Crippen LogP) is 2.70. The quantitative estimate of drug-likeness (QED) is 0.926. The number of piperazine rings is 1. The van der Waals surface area contributed by atoms with Gasteiger partial charge in [0.2, 0.25) is 0 Å². The van der Waals surface area contributed by atoms with Crippen molar-refractivity contribution in [3.05, 3.63) is 22.4 Å². The third-order valence-corrected chi connectivity index (χ3v) is 5.86. The zero-order chi connectivity index (χ0) is 13.9. The van der Waals surface area contributed by atoms with Crippen LogP contribution in [0.1, 0.15) is 43.5 Å². The van der Waals surface area contributed by atoms with Crippen molar-refractivity contribution < 1.29 is 0 Å². The Morgan fingerprint density at radius 1 is 1.20 bits per heavy atom. The fourth-order valence-corrected chi connectivity index (χ4v) is 4.86. The fraction of sp³-hybridized carbons (Fsp3) is 0.750. The lowest BCUT2D eigenvalue weighted by Crippen LogP contribution is -2.52. The van der Waals surface area contributed by atoms with Gasteiger partial charge < -0.3 is 5.73 Å². The van der Waals surface area contributed by atoms with E-state index in [2.05, 4.69) is 34.2 Å². The normalized spacial score (nSPS) is 25.9. The Kier molecular flexibility index (Phi) is 4.76. The van der Waals surface area contributed by atoms with Gasteiger partial charge in [-0.15, -0.1) is 11.3 Å². The summed E-state index contributed by atoms with van der Waals surface area (Å²) in [5, 5.41) is 2.17. The van der Waals surface area contributed by atoms with Crippen molar-refractivity contribution >= 4 is 11.3 Å². The Bertz CT molecular complexity index is 390. The molecule has 1 aliphatic heterocycles. The Balaban J connectivity index is 1.61. The van der Waals surface area contributed by atoms with E-state index in [0.29, 0.717) is 6.04 Å². The molecule has 2 atom stereocenters. The molecule has 2 unspecified atom stereocenters. The second kappa shape index (κ2) is 6.56. The van der Waals surface area contributed by atoms with Crippen LogP contribution in [0.4, 0.5) is 0 Å². The number of hydrogen-bond donors (Lipinski definition) is 1. The van der Waals surface area contributed by atoms with Crippen LogP contribution in [0.3, 0.4) is 0 Å². The maximum absolute atomic E-state index is 6.27. The van der Waals surface area contributed by atoms with E-state index in [-0.39, 0.29) is 6.04 Å².